The van der Waals surface area contributed by atoms with E-state index in [1.54, 1.807) is 12.4 Å². The lowest BCUT2D eigenvalue weighted by Gasteiger charge is -2.31. The molecule has 0 radical (unpaired) electrons. The predicted octanol–water partition coefficient (Wildman–Crippen LogP) is 28.6. The van der Waals surface area contributed by atoms with Crippen LogP contribution in [0.4, 0.5) is 85.8 Å². The zero-order chi connectivity index (χ0) is 89.3. The normalized spacial score (nSPS) is 16.6. The van der Waals surface area contributed by atoms with Crippen LogP contribution >= 0.6 is 0 Å². The molecule has 5 aliphatic heterocycles. The number of hydrogen-bond donors (Lipinski definition) is 0. The Bertz CT molecular complexity index is 7610. The molecule has 0 bridgehead atoms. The quantitative estimate of drug-likeness (QED) is 0.149. The van der Waals surface area contributed by atoms with E-state index >= 15 is 0 Å². The van der Waals surface area contributed by atoms with Gasteiger partial charge in [-0.3, -0.25) is 4.90 Å². The molecule has 0 amide bonds. The molecule has 26 rings (SSSR count). The van der Waals surface area contributed by atoms with Crippen LogP contribution in [-0.2, 0) is 0 Å². The van der Waals surface area contributed by atoms with Gasteiger partial charge < -0.3 is 66.2 Å². The first-order valence-corrected chi connectivity index (χ1v) is 44.8. The number of aromatic nitrogens is 4. The van der Waals surface area contributed by atoms with Crippen LogP contribution in [0.25, 0.3) is 110 Å². The Morgan fingerprint density at radius 3 is 0.969 bits per heavy atom. The molecule has 13 aromatic carbocycles. The predicted molar refractivity (Wildman–Crippen MR) is 539 cm³/mol. The van der Waals surface area contributed by atoms with Crippen LogP contribution in [0.2, 0.25) is 0 Å². The highest BCUT2D eigenvalue weighted by atomic mass is 16.3. The number of hydrogen-bond acceptors (Lipinski definition) is 19. The second kappa shape index (κ2) is 32.4. The molecule has 0 saturated heterocycles. The summed E-state index contributed by atoms with van der Waals surface area (Å²) in [5, 5.41) is 11.5. The number of aryl methyl sites for hydroxylation is 5. The first-order chi connectivity index (χ1) is 64.0. The van der Waals surface area contributed by atoms with Crippen molar-refractivity contribution in [3.05, 3.63) is 356 Å². The second-order valence-electron chi connectivity index (χ2n) is 34.5. The van der Waals surface area contributed by atoms with Gasteiger partial charge in [-0.25, -0.2) is 19.9 Å². The lowest BCUT2D eigenvalue weighted by molar-refractivity contribution is 0.660. The summed E-state index contributed by atoms with van der Waals surface area (Å²) in [6.45, 7) is 21.7. The summed E-state index contributed by atoms with van der Waals surface area (Å²) in [4.78, 5) is 41.2. The highest BCUT2D eigenvalue weighted by molar-refractivity contribution is 6.16. The number of pyridine rings is 2. The van der Waals surface area contributed by atoms with Crippen LogP contribution in [0.3, 0.4) is 0 Å². The first-order valence-electron chi connectivity index (χ1n) is 44.8. The first kappa shape index (κ1) is 80.8. The number of rotatable bonds is 7. The Kier molecular flexibility index (Phi) is 20.0. The standard InChI is InChI=1S/C27H22N2O.C23H20N2O.2C21H19N3O.C20H18N4O/c1-18-16-17-22-21-12-6-9-15-25(21)30-27(22)26(18)29-19(2)28(20-10-4-3-5-11-20)23-13-7-8-14-24(23)29;1-16-12-13-20-19-10-6-7-11-21(19)26-23(20)22(16)25-15-14-24(17(25)2)18-8-4-3-5-9-18;1-13-10-11-16-15-7-4-5-9-18(15)25-20(16)19(13)24-14(2)23(3)21-17(24)8-6-12-22-21;1-13-10-11-16-15-7-4-5-9-18(15)25-20(16)19(13)24-14(2)23(3)17-8-6-12-22-21(17)24;1-12-8-9-15-14-6-4-5-7-16(14)25-18(15)17(12)24-13(2)23(3)19-20(24)22-11-10-21-19/h3-17,19H,1-2H3;3-15,17H,1-2H3;2*4-12,14H,1-3H3;4-11,13H,1-3H3. The van der Waals surface area contributed by atoms with Crippen LogP contribution in [0.5, 0.6) is 0 Å². The van der Waals surface area contributed by atoms with Crippen LogP contribution in [-0.4, -0.2) is 71.9 Å². The fourth-order valence-corrected chi connectivity index (χ4v) is 20.2. The molecular formula is C112H98N14O5. The maximum Gasteiger partial charge on any atom is 0.178 e. The summed E-state index contributed by atoms with van der Waals surface area (Å²) in [6, 6.07) is 101. The Labute approximate surface area is 759 Å². The molecule has 0 spiro atoms. The number of nitrogens with zero attached hydrogens (tertiary/aromatic N) is 14. The molecule has 0 aliphatic carbocycles. The molecule has 13 heterocycles. The van der Waals surface area contributed by atoms with Gasteiger partial charge in [0.25, 0.3) is 0 Å². The van der Waals surface area contributed by atoms with Crippen molar-refractivity contribution in [3.63, 3.8) is 0 Å². The lowest BCUT2D eigenvalue weighted by Crippen LogP contribution is -2.36. The van der Waals surface area contributed by atoms with E-state index < -0.39 is 0 Å². The van der Waals surface area contributed by atoms with E-state index in [4.69, 9.17) is 22.1 Å². The maximum atomic E-state index is 6.42. The van der Waals surface area contributed by atoms with E-state index in [1.165, 1.54) is 55.8 Å². The van der Waals surface area contributed by atoms with Crippen molar-refractivity contribution in [1.29, 1.82) is 0 Å². The van der Waals surface area contributed by atoms with Crippen molar-refractivity contribution in [1.82, 2.24) is 19.9 Å². The topological polar surface area (TPSA) is 150 Å². The maximum absolute atomic E-state index is 6.42. The smallest absolute Gasteiger partial charge is 0.178 e. The van der Waals surface area contributed by atoms with Crippen LogP contribution in [0.1, 0.15) is 62.4 Å². The third-order valence-electron chi connectivity index (χ3n) is 27.0. The van der Waals surface area contributed by atoms with Crippen LogP contribution in [0, 0.1) is 34.6 Å². The molecule has 0 saturated carbocycles. The van der Waals surface area contributed by atoms with Crippen molar-refractivity contribution in [3.8, 4) is 0 Å². The molecule has 19 nitrogen and oxygen atoms in total. The van der Waals surface area contributed by atoms with E-state index in [2.05, 4.69) is 371 Å². The minimum absolute atomic E-state index is 0.106. The molecule has 8 aromatic heterocycles. The number of fused-ring (bicyclic) bond motifs is 19. The van der Waals surface area contributed by atoms with E-state index in [0.717, 1.165) is 168 Å². The summed E-state index contributed by atoms with van der Waals surface area (Å²) in [6.07, 6.45) is 12.2. The molecule has 5 unspecified atom stereocenters. The van der Waals surface area contributed by atoms with Crippen molar-refractivity contribution in [2.75, 3.05) is 70.1 Å². The van der Waals surface area contributed by atoms with Gasteiger partial charge in [-0.05, 0) is 188 Å². The zero-order valence-electron chi connectivity index (χ0n) is 75.4. The summed E-state index contributed by atoms with van der Waals surface area (Å²) in [7, 11) is 6.25. The lowest BCUT2D eigenvalue weighted by atomic mass is 10.1. The van der Waals surface area contributed by atoms with Crippen LogP contribution in [0.15, 0.2) is 350 Å². The van der Waals surface area contributed by atoms with Crippen molar-refractivity contribution >= 4 is 196 Å². The van der Waals surface area contributed by atoms with Gasteiger partial charge in [0.15, 0.2) is 51.2 Å². The van der Waals surface area contributed by atoms with Gasteiger partial charge in [-0.1, -0.05) is 200 Å². The van der Waals surface area contributed by atoms with E-state index in [9.17, 15) is 0 Å². The van der Waals surface area contributed by atoms with Gasteiger partial charge in [0, 0.05) is 124 Å². The van der Waals surface area contributed by atoms with Gasteiger partial charge in [-0.2, -0.15) is 0 Å². The fraction of sp³-hybridized carbons (Fsp3) is 0.161. The van der Waals surface area contributed by atoms with Crippen molar-refractivity contribution in [2.45, 2.75) is 100 Å². The van der Waals surface area contributed by atoms with Crippen LogP contribution < -0.4 is 49.0 Å². The largest absolute Gasteiger partial charge is 0.454 e. The summed E-state index contributed by atoms with van der Waals surface area (Å²) in [5.74, 6) is 3.74. The van der Waals surface area contributed by atoms with Gasteiger partial charge in [0.1, 0.15) is 58.7 Å². The minimum atomic E-state index is 0.106. The molecule has 0 fully saturated rings. The fourth-order valence-electron chi connectivity index (χ4n) is 20.2. The Balaban J connectivity index is 0.0000000960. The van der Waals surface area contributed by atoms with Gasteiger partial charge in [0.2, 0.25) is 0 Å². The van der Waals surface area contributed by atoms with Gasteiger partial charge in [-0.15, -0.1) is 0 Å². The van der Waals surface area contributed by atoms with E-state index in [-0.39, 0.29) is 30.8 Å². The highest BCUT2D eigenvalue weighted by Gasteiger charge is 2.41. The minimum Gasteiger partial charge on any atom is -0.454 e. The third-order valence-corrected chi connectivity index (χ3v) is 27.0. The highest BCUT2D eigenvalue weighted by Crippen LogP contribution is 2.55. The van der Waals surface area contributed by atoms with Crippen molar-refractivity contribution < 1.29 is 22.1 Å². The molecule has 0 N–H and O–H groups in total. The van der Waals surface area contributed by atoms with Gasteiger partial charge in [0.05, 0.1) is 51.2 Å². The Morgan fingerprint density at radius 1 is 0.214 bits per heavy atom. The number of para-hydroxylation sites is 9. The molecule has 21 aromatic rings. The number of benzene rings is 13. The average molecular weight is 1720 g/mol. The molecule has 5 atom stereocenters. The van der Waals surface area contributed by atoms with E-state index in [1.807, 2.05) is 104 Å². The molecular weight excluding hydrogens is 1620 g/mol. The molecule has 646 valence electrons. The Hall–Kier alpha value is -16.0. The average Bonchev–Trinajstić information content (AvgIpc) is 1.59. The second-order valence-corrected chi connectivity index (χ2v) is 34.5. The molecule has 5 aliphatic rings. The van der Waals surface area contributed by atoms with E-state index in [0.29, 0.717) is 0 Å². The molecule has 131 heavy (non-hydrogen) atoms. The zero-order valence-corrected chi connectivity index (χ0v) is 75.4. The SMILES string of the molecule is Cc1ccc2c(oc3ccccc32)c1N1C=CN(c2ccccc2)C1C.Cc1ccc2c(oc3ccccc32)c1N1c2ccccc2N(c2ccccc2)C1C.Cc1ccc2c(oc3ccccc32)c1N1c2cccnc2N(C)C1C.Cc1ccc2c(oc3ccccc32)c1N1c2ncccc2N(C)C1C.Cc1ccc2c(oc3ccccc32)c1N1c2nccnc2N(C)C1C. The number of furan rings is 5. The summed E-state index contributed by atoms with van der Waals surface area (Å²) in [5.41, 5.74) is 27.9. The number of anilines is 15. The molecule has 19 heteroatoms. The summed E-state index contributed by atoms with van der Waals surface area (Å²) >= 11 is 0. The third kappa shape index (κ3) is 13.2. The van der Waals surface area contributed by atoms with Crippen molar-refractivity contribution in [2.24, 2.45) is 0 Å². The monoisotopic (exact) mass is 1720 g/mol. The van der Waals surface area contributed by atoms with Gasteiger partial charge >= 0.3 is 0 Å². The summed E-state index contributed by atoms with van der Waals surface area (Å²) < 4.78 is 31.5. The Morgan fingerprint density at radius 2 is 0.519 bits per heavy atom.